The van der Waals surface area contributed by atoms with E-state index in [0.29, 0.717) is 10.9 Å². The summed E-state index contributed by atoms with van der Waals surface area (Å²) in [4.78, 5) is 25.7. The zero-order chi connectivity index (χ0) is 21.3. The Balaban J connectivity index is 1.87. The van der Waals surface area contributed by atoms with Crippen molar-refractivity contribution in [3.63, 3.8) is 0 Å². The Hall–Kier alpha value is -3.93. The van der Waals surface area contributed by atoms with Crippen LogP contribution in [0, 0.1) is 5.82 Å². The SMILES string of the molecule is O=C(CC(c1ccc(F)cc1)c1c(O)c2ccccc2oc1=O)c1ccccc1O. The van der Waals surface area contributed by atoms with Crippen LogP contribution < -0.4 is 5.63 Å². The van der Waals surface area contributed by atoms with E-state index in [1.165, 1.54) is 36.4 Å². The summed E-state index contributed by atoms with van der Waals surface area (Å²) in [5, 5.41) is 21.2. The van der Waals surface area contributed by atoms with E-state index >= 15 is 0 Å². The fourth-order valence-corrected chi connectivity index (χ4v) is 3.54. The van der Waals surface area contributed by atoms with Gasteiger partial charge >= 0.3 is 5.63 Å². The van der Waals surface area contributed by atoms with Gasteiger partial charge in [-0.25, -0.2) is 9.18 Å². The summed E-state index contributed by atoms with van der Waals surface area (Å²) >= 11 is 0. The number of benzene rings is 3. The van der Waals surface area contributed by atoms with Gasteiger partial charge in [0, 0.05) is 12.3 Å². The molecule has 30 heavy (non-hydrogen) atoms. The molecule has 1 atom stereocenters. The number of carbonyl (C=O) groups is 1. The molecule has 0 fully saturated rings. The van der Waals surface area contributed by atoms with Gasteiger partial charge in [-0.15, -0.1) is 0 Å². The van der Waals surface area contributed by atoms with Gasteiger partial charge in [-0.2, -0.15) is 0 Å². The molecule has 0 radical (unpaired) electrons. The third kappa shape index (κ3) is 3.55. The summed E-state index contributed by atoms with van der Waals surface area (Å²) in [5.41, 5.74) is -0.115. The molecule has 3 aromatic carbocycles. The summed E-state index contributed by atoms with van der Waals surface area (Å²) in [7, 11) is 0. The number of para-hydroxylation sites is 2. The van der Waals surface area contributed by atoms with Crippen molar-refractivity contribution in [1.29, 1.82) is 0 Å². The minimum Gasteiger partial charge on any atom is -0.507 e. The average Bonchev–Trinajstić information content (AvgIpc) is 2.74. The number of fused-ring (bicyclic) bond motifs is 1. The van der Waals surface area contributed by atoms with Crippen molar-refractivity contribution in [3.8, 4) is 11.5 Å². The highest BCUT2D eigenvalue weighted by molar-refractivity contribution is 5.99. The van der Waals surface area contributed by atoms with Crippen LogP contribution in [0.3, 0.4) is 0 Å². The molecule has 0 saturated heterocycles. The van der Waals surface area contributed by atoms with Crippen LogP contribution in [0.2, 0.25) is 0 Å². The lowest BCUT2D eigenvalue weighted by atomic mass is 9.85. The minimum atomic E-state index is -0.904. The third-order valence-corrected chi connectivity index (χ3v) is 5.03. The molecule has 0 bridgehead atoms. The van der Waals surface area contributed by atoms with E-state index in [4.69, 9.17) is 4.42 Å². The molecule has 6 heteroatoms. The molecule has 1 aromatic heterocycles. The normalized spacial score (nSPS) is 12.0. The number of ketones is 1. The van der Waals surface area contributed by atoms with E-state index in [1.54, 1.807) is 36.4 Å². The molecule has 0 aliphatic heterocycles. The lowest BCUT2D eigenvalue weighted by Gasteiger charge is -2.18. The van der Waals surface area contributed by atoms with E-state index in [2.05, 4.69) is 0 Å². The van der Waals surface area contributed by atoms with Crippen LogP contribution in [-0.4, -0.2) is 16.0 Å². The third-order valence-electron chi connectivity index (χ3n) is 5.03. The van der Waals surface area contributed by atoms with E-state index in [9.17, 15) is 24.2 Å². The summed E-state index contributed by atoms with van der Waals surface area (Å²) in [6, 6.07) is 17.9. The first-order valence-electron chi connectivity index (χ1n) is 9.27. The van der Waals surface area contributed by atoms with Crippen LogP contribution in [0.1, 0.15) is 33.8 Å². The van der Waals surface area contributed by atoms with Gasteiger partial charge in [-0.05, 0) is 42.0 Å². The number of hydrogen-bond donors (Lipinski definition) is 2. The first-order chi connectivity index (χ1) is 14.5. The van der Waals surface area contributed by atoms with E-state index in [1.807, 2.05) is 0 Å². The Morgan fingerprint density at radius 3 is 2.33 bits per heavy atom. The smallest absolute Gasteiger partial charge is 0.343 e. The van der Waals surface area contributed by atoms with Gasteiger partial charge in [0.05, 0.1) is 16.5 Å². The molecule has 4 rings (SSSR count). The first kappa shape index (κ1) is 19.4. The fourth-order valence-electron chi connectivity index (χ4n) is 3.54. The van der Waals surface area contributed by atoms with Crippen LogP contribution in [0.15, 0.2) is 82.0 Å². The van der Waals surface area contributed by atoms with Crippen LogP contribution in [-0.2, 0) is 0 Å². The Bertz CT molecular complexity index is 1290. The van der Waals surface area contributed by atoms with Gasteiger partial charge in [0.15, 0.2) is 5.78 Å². The molecular formula is C24H17FO5. The van der Waals surface area contributed by atoms with Crippen molar-refractivity contribution in [3.05, 3.63) is 106 Å². The van der Waals surface area contributed by atoms with Crippen molar-refractivity contribution >= 4 is 16.8 Å². The van der Waals surface area contributed by atoms with Gasteiger partial charge in [0.2, 0.25) is 0 Å². The highest BCUT2D eigenvalue weighted by Crippen LogP contribution is 2.37. The van der Waals surface area contributed by atoms with Crippen LogP contribution in [0.25, 0.3) is 11.0 Å². The molecule has 5 nitrogen and oxygen atoms in total. The van der Waals surface area contributed by atoms with Gasteiger partial charge in [0.25, 0.3) is 0 Å². The first-order valence-corrected chi connectivity index (χ1v) is 9.27. The highest BCUT2D eigenvalue weighted by Gasteiger charge is 2.28. The van der Waals surface area contributed by atoms with E-state index in [0.717, 1.165) is 0 Å². The Kier molecular flexibility index (Phi) is 5.06. The maximum Gasteiger partial charge on any atom is 0.343 e. The predicted molar refractivity (Wildman–Crippen MR) is 109 cm³/mol. The number of carbonyl (C=O) groups excluding carboxylic acids is 1. The molecule has 2 N–H and O–H groups in total. The van der Waals surface area contributed by atoms with Crippen molar-refractivity contribution in [2.75, 3.05) is 0 Å². The largest absolute Gasteiger partial charge is 0.507 e. The van der Waals surface area contributed by atoms with Gasteiger partial charge in [-0.1, -0.05) is 36.4 Å². The molecule has 1 unspecified atom stereocenters. The lowest BCUT2D eigenvalue weighted by Crippen LogP contribution is -2.17. The van der Waals surface area contributed by atoms with Crippen LogP contribution >= 0.6 is 0 Å². The van der Waals surface area contributed by atoms with Crippen molar-refractivity contribution in [2.24, 2.45) is 0 Å². The lowest BCUT2D eigenvalue weighted by molar-refractivity contribution is 0.0974. The summed E-state index contributed by atoms with van der Waals surface area (Å²) in [6.45, 7) is 0. The molecule has 0 aliphatic carbocycles. The Morgan fingerprint density at radius 2 is 1.60 bits per heavy atom. The van der Waals surface area contributed by atoms with E-state index < -0.39 is 23.1 Å². The number of phenols is 1. The second-order valence-corrected chi connectivity index (χ2v) is 6.90. The maximum absolute atomic E-state index is 13.5. The number of rotatable bonds is 5. The average molecular weight is 404 g/mol. The second-order valence-electron chi connectivity index (χ2n) is 6.90. The molecular weight excluding hydrogens is 387 g/mol. The maximum atomic E-state index is 13.5. The molecule has 0 aliphatic rings. The van der Waals surface area contributed by atoms with Gasteiger partial charge in [-0.3, -0.25) is 4.79 Å². The number of phenolic OH excluding ortho intramolecular Hbond substituents is 1. The summed E-state index contributed by atoms with van der Waals surface area (Å²) in [5.74, 6) is -2.29. The van der Waals surface area contributed by atoms with Crippen LogP contribution in [0.4, 0.5) is 4.39 Å². The monoisotopic (exact) mass is 404 g/mol. The van der Waals surface area contributed by atoms with E-state index in [-0.39, 0.29) is 34.6 Å². The quantitative estimate of drug-likeness (QED) is 0.370. The highest BCUT2D eigenvalue weighted by atomic mass is 19.1. The second kappa shape index (κ2) is 7.83. The Morgan fingerprint density at radius 1 is 0.933 bits per heavy atom. The molecule has 1 heterocycles. The fraction of sp³-hybridized carbons (Fsp3) is 0.0833. The number of aromatic hydroxyl groups is 2. The summed E-state index contributed by atoms with van der Waals surface area (Å²) < 4.78 is 18.8. The molecule has 0 spiro atoms. The van der Waals surface area contributed by atoms with Gasteiger partial charge in [0.1, 0.15) is 22.9 Å². The Labute approximate surface area is 170 Å². The minimum absolute atomic E-state index is 0.0919. The molecule has 0 saturated carbocycles. The zero-order valence-electron chi connectivity index (χ0n) is 15.7. The number of Topliss-reactive ketones (excluding diaryl/α,β-unsaturated/α-hetero) is 1. The van der Waals surface area contributed by atoms with Crippen LogP contribution in [0.5, 0.6) is 11.5 Å². The molecule has 0 amide bonds. The molecule has 150 valence electrons. The summed E-state index contributed by atoms with van der Waals surface area (Å²) in [6.07, 6.45) is -0.236. The predicted octanol–water partition coefficient (Wildman–Crippen LogP) is 4.75. The number of hydrogen-bond acceptors (Lipinski definition) is 5. The zero-order valence-corrected chi connectivity index (χ0v) is 15.7. The number of halogens is 1. The van der Waals surface area contributed by atoms with Gasteiger partial charge < -0.3 is 14.6 Å². The van der Waals surface area contributed by atoms with Crippen molar-refractivity contribution in [1.82, 2.24) is 0 Å². The topological polar surface area (TPSA) is 87.7 Å². The van der Waals surface area contributed by atoms with Crippen molar-refractivity contribution in [2.45, 2.75) is 12.3 Å². The standard InChI is InChI=1S/C24H17FO5/c25-15-11-9-14(10-12-15)18(13-20(27)16-5-1-3-7-19(16)26)22-23(28)17-6-2-4-8-21(17)30-24(22)29/h1-12,18,26,28H,13H2. The molecule has 4 aromatic rings. The van der Waals surface area contributed by atoms with Crippen molar-refractivity contribution < 1.29 is 23.8 Å².